The molecule has 0 spiro atoms. The Labute approximate surface area is 129 Å². The van der Waals surface area contributed by atoms with Gasteiger partial charge in [-0.15, -0.1) is 0 Å². The van der Waals surface area contributed by atoms with Crippen LogP contribution in [0.4, 0.5) is 11.5 Å². The van der Waals surface area contributed by atoms with Gasteiger partial charge in [0.1, 0.15) is 11.6 Å². The van der Waals surface area contributed by atoms with E-state index in [9.17, 15) is 0 Å². The van der Waals surface area contributed by atoms with Gasteiger partial charge in [0.05, 0.1) is 0 Å². The highest BCUT2D eigenvalue weighted by molar-refractivity contribution is 7.98. The highest BCUT2D eigenvalue weighted by Crippen LogP contribution is 2.26. The van der Waals surface area contributed by atoms with Crippen molar-refractivity contribution in [3.05, 3.63) is 30.3 Å². The maximum Gasteiger partial charge on any atom is 0.225 e. The zero-order valence-corrected chi connectivity index (χ0v) is 13.6. The maximum absolute atomic E-state index is 5.87. The summed E-state index contributed by atoms with van der Waals surface area (Å²) in [7, 11) is 4.00. The molecular weight excluding hydrogens is 284 g/mol. The van der Waals surface area contributed by atoms with Crippen molar-refractivity contribution in [3.63, 3.8) is 0 Å². The number of ether oxygens (including phenoxy) is 1. The van der Waals surface area contributed by atoms with Crippen LogP contribution in [0.5, 0.6) is 11.6 Å². The van der Waals surface area contributed by atoms with Crippen molar-refractivity contribution in [2.75, 3.05) is 37.1 Å². The number of hydrogen-bond acceptors (Lipinski definition) is 6. The number of rotatable bonds is 6. The summed E-state index contributed by atoms with van der Waals surface area (Å²) in [6.45, 7) is 2.84. The SMILES string of the molecule is CCNc1cc(Oc2cccc(N(C)C)c2)nc(SC)n1. The second-order valence-electron chi connectivity index (χ2n) is 4.60. The molecule has 112 valence electrons. The molecule has 6 heteroatoms. The van der Waals surface area contributed by atoms with Crippen LogP contribution in [0.2, 0.25) is 0 Å². The minimum atomic E-state index is 0.543. The first-order valence-electron chi connectivity index (χ1n) is 6.74. The number of hydrogen-bond donors (Lipinski definition) is 1. The van der Waals surface area contributed by atoms with Crippen LogP contribution in [0.15, 0.2) is 35.5 Å². The molecule has 0 aliphatic carbocycles. The average Bonchev–Trinajstić information content (AvgIpc) is 2.47. The molecule has 0 fully saturated rings. The van der Waals surface area contributed by atoms with E-state index in [0.717, 1.165) is 23.8 Å². The Morgan fingerprint density at radius 1 is 1.24 bits per heavy atom. The zero-order chi connectivity index (χ0) is 15.2. The number of anilines is 2. The quantitative estimate of drug-likeness (QED) is 0.651. The fraction of sp³-hybridized carbons (Fsp3) is 0.333. The first-order valence-corrected chi connectivity index (χ1v) is 7.97. The molecule has 1 N–H and O–H groups in total. The van der Waals surface area contributed by atoms with E-state index in [1.165, 1.54) is 11.8 Å². The van der Waals surface area contributed by atoms with E-state index in [-0.39, 0.29) is 0 Å². The molecule has 0 amide bonds. The van der Waals surface area contributed by atoms with Crippen LogP contribution in [0.25, 0.3) is 0 Å². The van der Waals surface area contributed by atoms with Gasteiger partial charge in [0.2, 0.25) is 5.88 Å². The van der Waals surface area contributed by atoms with Crippen molar-refractivity contribution in [2.45, 2.75) is 12.1 Å². The molecule has 1 aromatic heterocycles. The molecule has 0 unspecified atom stereocenters. The predicted molar refractivity (Wildman–Crippen MR) is 88.8 cm³/mol. The number of nitrogens with one attached hydrogen (secondary N) is 1. The third kappa shape index (κ3) is 4.26. The number of benzene rings is 1. The van der Waals surface area contributed by atoms with Gasteiger partial charge in [-0.05, 0) is 25.3 Å². The van der Waals surface area contributed by atoms with Gasteiger partial charge in [-0.1, -0.05) is 17.8 Å². The largest absolute Gasteiger partial charge is 0.439 e. The van der Waals surface area contributed by atoms with Crippen molar-refractivity contribution < 1.29 is 4.74 Å². The van der Waals surface area contributed by atoms with Crippen LogP contribution in [0.1, 0.15) is 6.92 Å². The van der Waals surface area contributed by atoms with Gasteiger partial charge >= 0.3 is 0 Å². The van der Waals surface area contributed by atoms with Crippen LogP contribution in [-0.4, -0.2) is 36.9 Å². The number of thioether (sulfide) groups is 1. The summed E-state index contributed by atoms with van der Waals surface area (Å²) in [5, 5.41) is 3.87. The van der Waals surface area contributed by atoms with E-state index in [1.807, 2.05) is 62.5 Å². The van der Waals surface area contributed by atoms with Crippen molar-refractivity contribution >= 4 is 23.3 Å². The Morgan fingerprint density at radius 3 is 2.71 bits per heavy atom. The lowest BCUT2D eigenvalue weighted by Gasteiger charge is -2.14. The Hall–Kier alpha value is -1.95. The number of aromatic nitrogens is 2. The molecule has 0 radical (unpaired) electrons. The molecule has 2 aromatic rings. The first kappa shape index (κ1) is 15.4. The van der Waals surface area contributed by atoms with E-state index >= 15 is 0 Å². The minimum absolute atomic E-state index is 0.543. The monoisotopic (exact) mass is 304 g/mol. The molecule has 0 aliphatic heterocycles. The predicted octanol–water partition coefficient (Wildman–Crippen LogP) is 3.49. The Balaban J connectivity index is 2.25. The third-order valence-corrected chi connectivity index (χ3v) is 3.33. The number of nitrogens with zero attached hydrogens (tertiary/aromatic N) is 3. The lowest BCUT2D eigenvalue weighted by molar-refractivity contribution is 0.456. The second kappa shape index (κ2) is 7.17. The van der Waals surface area contributed by atoms with Crippen molar-refractivity contribution in [2.24, 2.45) is 0 Å². The van der Waals surface area contributed by atoms with Gasteiger partial charge in [0, 0.05) is 38.5 Å². The molecule has 0 bridgehead atoms. The third-order valence-electron chi connectivity index (χ3n) is 2.78. The van der Waals surface area contributed by atoms with Gasteiger partial charge in [-0.2, -0.15) is 4.98 Å². The fourth-order valence-electron chi connectivity index (χ4n) is 1.76. The molecule has 0 saturated carbocycles. The van der Waals surface area contributed by atoms with Gasteiger partial charge in [0.25, 0.3) is 0 Å². The van der Waals surface area contributed by atoms with Gasteiger partial charge in [-0.3, -0.25) is 0 Å². The topological polar surface area (TPSA) is 50.3 Å². The van der Waals surface area contributed by atoms with E-state index in [4.69, 9.17) is 4.74 Å². The molecule has 1 heterocycles. The summed E-state index contributed by atoms with van der Waals surface area (Å²) in [4.78, 5) is 10.8. The van der Waals surface area contributed by atoms with Crippen molar-refractivity contribution in [1.82, 2.24) is 9.97 Å². The minimum Gasteiger partial charge on any atom is -0.439 e. The molecule has 1 aromatic carbocycles. The highest BCUT2D eigenvalue weighted by atomic mass is 32.2. The molecule has 0 atom stereocenters. The average molecular weight is 304 g/mol. The first-order chi connectivity index (χ1) is 10.1. The molecule has 0 aliphatic rings. The maximum atomic E-state index is 5.87. The Bertz CT molecular complexity index is 604. The summed E-state index contributed by atoms with van der Waals surface area (Å²) in [5.41, 5.74) is 1.08. The second-order valence-corrected chi connectivity index (χ2v) is 5.38. The smallest absolute Gasteiger partial charge is 0.225 e. The molecule has 2 rings (SSSR count). The lowest BCUT2D eigenvalue weighted by atomic mass is 10.3. The fourth-order valence-corrected chi connectivity index (χ4v) is 2.14. The van der Waals surface area contributed by atoms with E-state index in [0.29, 0.717) is 11.0 Å². The molecule has 0 saturated heterocycles. The van der Waals surface area contributed by atoms with Crippen LogP contribution >= 0.6 is 11.8 Å². The highest BCUT2D eigenvalue weighted by Gasteiger charge is 2.06. The standard InChI is InChI=1S/C15H20N4OS/c1-5-16-13-10-14(18-15(17-13)21-4)20-12-8-6-7-11(9-12)19(2)3/h6-10H,5H2,1-4H3,(H,16,17,18). The summed E-state index contributed by atoms with van der Waals surface area (Å²) < 4.78 is 5.87. The summed E-state index contributed by atoms with van der Waals surface area (Å²) >= 11 is 1.49. The summed E-state index contributed by atoms with van der Waals surface area (Å²) in [6.07, 6.45) is 1.95. The van der Waals surface area contributed by atoms with E-state index < -0.39 is 0 Å². The van der Waals surface area contributed by atoms with Gasteiger partial charge < -0.3 is 15.0 Å². The normalized spacial score (nSPS) is 10.3. The van der Waals surface area contributed by atoms with E-state index in [1.54, 1.807) is 0 Å². The van der Waals surface area contributed by atoms with Crippen molar-refractivity contribution in [3.8, 4) is 11.6 Å². The van der Waals surface area contributed by atoms with Crippen LogP contribution in [0.3, 0.4) is 0 Å². The van der Waals surface area contributed by atoms with Gasteiger partial charge in [0.15, 0.2) is 5.16 Å². The summed E-state index contributed by atoms with van der Waals surface area (Å²) in [5.74, 6) is 2.08. The summed E-state index contributed by atoms with van der Waals surface area (Å²) in [6, 6.07) is 9.71. The Morgan fingerprint density at radius 2 is 2.05 bits per heavy atom. The Kier molecular flexibility index (Phi) is 5.27. The molecular formula is C15H20N4OS. The molecule has 21 heavy (non-hydrogen) atoms. The zero-order valence-electron chi connectivity index (χ0n) is 12.8. The molecule has 5 nitrogen and oxygen atoms in total. The lowest BCUT2D eigenvalue weighted by Crippen LogP contribution is -2.08. The van der Waals surface area contributed by atoms with Gasteiger partial charge in [-0.25, -0.2) is 4.98 Å². The van der Waals surface area contributed by atoms with Crippen LogP contribution in [-0.2, 0) is 0 Å². The van der Waals surface area contributed by atoms with Crippen molar-refractivity contribution in [1.29, 1.82) is 0 Å². The van der Waals surface area contributed by atoms with Crippen LogP contribution < -0.4 is 15.0 Å². The van der Waals surface area contributed by atoms with E-state index in [2.05, 4.69) is 15.3 Å². The van der Waals surface area contributed by atoms with Crippen LogP contribution in [0, 0.1) is 0 Å².